The van der Waals surface area contributed by atoms with Crippen molar-refractivity contribution in [2.24, 2.45) is 0 Å². The SMILES string of the molecule is O=c1cc(CN2CCCCC2c2ncc(Br)cn2)cc[nH]1. The third kappa shape index (κ3) is 3.57. The Bertz CT molecular complexity index is 655. The van der Waals surface area contributed by atoms with Gasteiger partial charge in [-0.1, -0.05) is 6.42 Å². The predicted molar refractivity (Wildman–Crippen MR) is 83.8 cm³/mol. The Morgan fingerprint density at radius 1 is 1.33 bits per heavy atom. The topological polar surface area (TPSA) is 61.9 Å². The summed E-state index contributed by atoms with van der Waals surface area (Å²) in [5.74, 6) is 0.864. The fourth-order valence-corrected chi connectivity index (χ4v) is 2.99. The van der Waals surface area contributed by atoms with E-state index in [0.29, 0.717) is 0 Å². The van der Waals surface area contributed by atoms with Crippen molar-refractivity contribution in [1.82, 2.24) is 19.9 Å². The van der Waals surface area contributed by atoms with Crippen molar-refractivity contribution in [2.75, 3.05) is 6.54 Å². The second-order valence-corrected chi connectivity index (χ2v) is 6.22. The Morgan fingerprint density at radius 3 is 2.90 bits per heavy atom. The number of hydrogen-bond donors (Lipinski definition) is 1. The molecule has 3 heterocycles. The maximum absolute atomic E-state index is 11.4. The van der Waals surface area contributed by atoms with Crippen LogP contribution in [0.25, 0.3) is 0 Å². The molecule has 0 amide bonds. The van der Waals surface area contributed by atoms with Gasteiger partial charge in [-0.15, -0.1) is 0 Å². The number of hydrogen-bond acceptors (Lipinski definition) is 4. The van der Waals surface area contributed by atoms with E-state index in [1.165, 1.54) is 12.8 Å². The number of aromatic amines is 1. The molecule has 21 heavy (non-hydrogen) atoms. The molecule has 5 nitrogen and oxygen atoms in total. The molecule has 1 fully saturated rings. The molecule has 2 aromatic heterocycles. The summed E-state index contributed by atoms with van der Waals surface area (Å²) >= 11 is 3.37. The summed E-state index contributed by atoms with van der Waals surface area (Å²) in [4.78, 5) is 25.3. The van der Waals surface area contributed by atoms with Gasteiger partial charge in [0.1, 0.15) is 5.82 Å². The summed E-state index contributed by atoms with van der Waals surface area (Å²) in [6.07, 6.45) is 8.72. The Kier molecular flexibility index (Phi) is 4.45. The molecular weight excluding hydrogens is 332 g/mol. The van der Waals surface area contributed by atoms with Crippen LogP contribution in [0.15, 0.2) is 40.0 Å². The van der Waals surface area contributed by atoms with E-state index in [4.69, 9.17) is 0 Å². The summed E-state index contributed by atoms with van der Waals surface area (Å²) < 4.78 is 0.892. The molecule has 1 unspecified atom stereocenters. The zero-order valence-corrected chi connectivity index (χ0v) is 13.2. The lowest BCUT2D eigenvalue weighted by atomic mass is 10.0. The van der Waals surface area contributed by atoms with Crippen LogP contribution in [0.2, 0.25) is 0 Å². The van der Waals surface area contributed by atoms with Crippen LogP contribution in [-0.2, 0) is 6.54 Å². The first kappa shape index (κ1) is 14.4. The number of H-pyrrole nitrogens is 1. The van der Waals surface area contributed by atoms with Crippen LogP contribution < -0.4 is 5.56 Å². The summed E-state index contributed by atoms with van der Waals surface area (Å²) in [6.45, 7) is 1.77. The Morgan fingerprint density at radius 2 is 2.14 bits per heavy atom. The molecule has 1 N–H and O–H groups in total. The van der Waals surface area contributed by atoms with Crippen molar-refractivity contribution in [3.8, 4) is 0 Å². The third-order valence-electron chi connectivity index (χ3n) is 3.78. The molecule has 1 aliphatic heterocycles. The largest absolute Gasteiger partial charge is 0.329 e. The molecule has 0 saturated carbocycles. The van der Waals surface area contributed by atoms with Gasteiger partial charge < -0.3 is 4.98 Å². The van der Waals surface area contributed by atoms with E-state index in [-0.39, 0.29) is 11.6 Å². The van der Waals surface area contributed by atoms with Gasteiger partial charge in [-0.05, 0) is 46.9 Å². The van der Waals surface area contributed by atoms with Crippen LogP contribution in [0.1, 0.15) is 36.7 Å². The van der Waals surface area contributed by atoms with Crippen molar-refractivity contribution >= 4 is 15.9 Å². The van der Waals surface area contributed by atoms with Crippen LogP contribution in [0, 0.1) is 0 Å². The molecule has 6 heteroatoms. The minimum atomic E-state index is -0.0547. The number of nitrogens with zero attached hydrogens (tertiary/aromatic N) is 3. The zero-order valence-electron chi connectivity index (χ0n) is 11.6. The van der Waals surface area contributed by atoms with E-state index in [1.54, 1.807) is 24.7 Å². The van der Waals surface area contributed by atoms with Crippen LogP contribution in [0.5, 0.6) is 0 Å². The lowest BCUT2D eigenvalue weighted by Gasteiger charge is -2.34. The number of likely N-dealkylation sites (tertiary alicyclic amines) is 1. The zero-order chi connectivity index (χ0) is 14.7. The first-order chi connectivity index (χ1) is 10.2. The van der Waals surface area contributed by atoms with Gasteiger partial charge in [-0.2, -0.15) is 0 Å². The van der Waals surface area contributed by atoms with Crippen LogP contribution >= 0.6 is 15.9 Å². The number of piperidine rings is 1. The van der Waals surface area contributed by atoms with Gasteiger partial charge in [0.25, 0.3) is 0 Å². The van der Waals surface area contributed by atoms with Crippen molar-refractivity contribution in [2.45, 2.75) is 31.8 Å². The minimum Gasteiger partial charge on any atom is -0.329 e. The van der Waals surface area contributed by atoms with Gasteiger partial charge in [0.05, 0.1) is 10.5 Å². The van der Waals surface area contributed by atoms with Crippen molar-refractivity contribution in [3.05, 3.63) is 56.9 Å². The van der Waals surface area contributed by atoms with E-state index >= 15 is 0 Å². The number of nitrogens with one attached hydrogen (secondary N) is 1. The highest BCUT2D eigenvalue weighted by Crippen LogP contribution is 2.30. The summed E-state index contributed by atoms with van der Waals surface area (Å²) in [5.41, 5.74) is 0.976. The molecule has 0 spiro atoms. The van der Waals surface area contributed by atoms with E-state index in [2.05, 4.69) is 35.8 Å². The van der Waals surface area contributed by atoms with E-state index < -0.39 is 0 Å². The van der Waals surface area contributed by atoms with Gasteiger partial charge in [0.2, 0.25) is 5.56 Å². The van der Waals surface area contributed by atoms with Gasteiger partial charge in [-0.25, -0.2) is 9.97 Å². The highest BCUT2D eigenvalue weighted by molar-refractivity contribution is 9.10. The molecule has 0 radical (unpaired) electrons. The monoisotopic (exact) mass is 348 g/mol. The van der Waals surface area contributed by atoms with Crippen molar-refractivity contribution in [3.63, 3.8) is 0 Å². The quantitative estimate of drug-likeness (QED) is 0.926. The van der Waals surface area contributed by atoms with E-state index in [1.807, 2.05) is 6.07 Å². The first-order valence-corrected chi connectivity index (χ1v) is 7.91. The maximum atomic E-state index is 11.4. The predicted octanol–water partition coefficient (Wildman–Crippen LogP) is 2.65. The normalized spacial score (nSPS) is 19.6. The highest BCUT2D eigenvalue weighted by atomic mass is 79.9. The maximum Gasteiger partial charge on any atom is 0.248 e. The van der Waals surface area contributed by atoms with E-state index in [0.717, 1.165) is 35.4 Å². The third-order valence-corrected chi connectivity index (χ3v) is 4.19. The Hall–Kier alpha value is -1.53. The lowest BCUT2D eigenvalue weighted by molar-refractivity contribution is 0.133. The molecule has 3 rings (SSSR count). The molecule has 110 valence electrons. The average molecular weight is 349 g/mol. The van der Waals surface area contributed by atoms with Gasteiger partial charge >= 0.3 is 0 Å². The van der Waals surface area contributed by atoms with Gasteiger partial charge in [0, 0.05) is 31.2 Å². The first-order valence-electron chi connectivity index (χ1n) is 7.11. The van der Waals surface area contributed by atoms with Crippen molar-refractivity contribution < 1.29 is 0 Å². The summed E-state index contributed by atoms with van der Waals surface area (Å²) in [7, 11) is 0. The fourth-order valence-electron chi connectivity index (χ4n) is 2.79. The van der Waals surface area contributed by atoms with Gasteiger partial charge in [-0.3, -0.25) is 9.69 Å². The summed E-state index contributed by atoms with van der Waals surface area (Å²) in [6, 6.07) is 3.84. The number of aromatic nitrogens is 3. The number of pyridine rings is 1. The molecule has 1 atom stereocenters. The lowest BCUT2D eigenvalue weighted by Crippen LogP contribution is -2.34. The molecule has 2 aromatic rings. The molecular formula is C15H17BrN4O. The second kappa shape index (κ2) is 6.49. The molecule has 1 saturated heterocycles. The van der Waals surface area contributed by atoms with Crippen molar-refractivity contribution in [1.29, 1.82) is 0 Å². The highest BCUT2D eigenvalue weighted by Gasteiger charge is 2.26. The minimum absolute atomic E-state index is 0.0547. The smallest absolute Gasteiger partial charge is 0.248 e. The summed E-state index contributed by atoms with van der Waals surface area (Å²) in [5, 5.41) is 0. The molecule has 0 aromatic carbocycles. The van der Waals surface area contributed by atoms with Crippen LogP contribution in [0.4, 0.5) is 0 Å². The Balaban J connectivity index is 1.81. The fraction of sp³-hybridized carbons (Fsp3) is 0.400. The van der Waals surface area contributed by atoms with Gasteiger partial charge in [0.15, 0.2) is 0 Å². The number of halogens is 1. The molecule has 1 aliphatic rings. The molecule has 0 aliphatic carbocycles. The van der Waals surface area contributed by atoms with Crippen LogP contribution in [0.3, 0.4) is 0 Å². The number of rotatable bonds is 3. The van der Waals surface area contributed by atoms with Crippen LogP contribution in [-0.4, -0.2) is 26.4 Å². The van der Waals surface area contributed by atoms with E-state index in [9.17, 15) is 4.79 Å². The Labute approximate surface area is 131 Å². The standard InChI is InChI=1S/C15H17BrN4O/c16-12-8-18-15(19-9-12)13-3-1-2-6-20(13)10-11-4-5-17-14(21)7-11/h4-5,7-9,13H,1-3,6,10H2,(H,17,21). The average Bonchev–Trinajstić information content (AvgIpc) is 2.49. The second-order valence-electron chi connectivity index (χ2n) is 5.30. The molecule has 0 bridgehead atoms.